The van der Waals surface area contributed by atoms with Gasteiger partial charge in [-0.05, 0) is 61.7 Å². The average Bonchev–Trinajstić information content (AvgIpc) is 2.87. The lowest BCUT2D eigenvalue weighted by atomic mass is 9.47. The number of carbonyl (C=O) groups excluding carboxylic acids is 1. The zero-order valence-electron chi connectivity index (χ0n) is 16.7. The van der Waals surface area contributed by atoms with Crippen molar-refractivity contribution in [2.75, 3.05) is 0 Å². The van der Waals surface area contributed by atoms with E-state index in [2.05, 4.69) is 35.9 Å². The first-order chi connectivity index (χ1) is 12.7. The fourth-order valence-corrected chi connectivity index (χ4v) is 8.11. The smallest absolute Gasteiger partial charge is 0.305 e. The second kappa shape index (κ2) is 6.84. The Morgan fingerprint density at radius 2 is 2.00 bits per heavy atom. The van der Waals surface area contributed by atoms with Crippen molar-refractivity contribution in [1.29, 1.82) is 0 Å². The number of fused-ring (bicyclic) bond motifs is 5. The molecule has 0 aromatic carbocycles. The summed E-state index contributed by atoms with van der Waals surface area (Å²) in [6.07, 6.45) is 7.20. The minimum atomic E-state index is -0.465. The van der Waals surface area contributed by atoms with Crippen molar-refractivity contribution in [2.24, 2.45) is 28.6 Å². The first-order valence-electron chi connectivity index (χ1n) is 10.6. The van der Waals surface area contributed by atoms with Gasteiger partial charge in [-0.15, -0.1) is 0 Å². The monoisotopic (exact) mass is 440 g/mol. The van der Waals surface area contributed by atoms with E-state index in [9.17, 15) is 15.0 Å². The molecule has 0 bridgehead atoms. The fraction of sp³-hybridized carbons (Fsp3) is 0.864. The summed E-state index contributed by atoms with van der Waals surface area (Å²) in [5.74, 6) is 0.858. The molecule has 0 heterocycles. The van der Waals surface area contributed by atoms with Crippen LogP contribution in [0.5, 0.6) is 0 Å². The topological polar surface area (TPSA) is 66.8 Å². The highest BCUT2D eigenvalue weighted by molar-refractivity contribution is 9.09. The highest BCUT2D eigenvalue weighted by Gasteiger charge is 2.63. The molecule has 27 heavy (non-hydrogen) atoms. The summed E-state index contributed by atoms with van der Waals surface area (Å²) in [7, 11) is 0. The van der Waals surface area contributed by atoms with E-state index >= 15 is 0 Å². The summed E-state index contributed by atoms with van der Waals surface area (Å²) in [6, 6.07) is 0. The Labute approximate surface area is 170 Å². The Kier molecular flexibility index (Phi) is 5.04. The highest BCUT2D eigenvalue weighted by Crippen LogP contribution is 2.66. The van der Waals surface area contributed by atoms with Crippen molar-refractivity contribution >= 4 is 21.9 Å². The Bertz CT molecular complexity index is 648. The molecule has 9 atom stereocenters. The predicted molar refractivity (Wildman–Crippen MR) is 107 cm³/mol. The van der Waals surface area contributed by atoms with Gasteiger partial charge in [0.05, 0.1) is 17.0 Å². The standard InChI is InChI=1S/C22H33BrO4/c1-4-18(26)27-20-16(23)11-15-19-14(6-8-22(15,20)3)21(2)7-5-13(24)9-12(21)10-17(19)25/h10,13-17,19-20,24-25H,4-9,11H2,1-3H3/t13-,14?,15?,16+,17-,19?,20?,21-,22-/m0/s1. The maximum absolute atomic E-state index is 12.0. The fourth-order valence-electron chi connectivity index (χ4n) is 6.99. The van der Waals surface area contributed by atoms with Crippen molar-refractivity contribution in [2.45, 2.75) is 88.9 Å². The Hall–Kier alpha value is -0.390. The van der Waals surface area contributed by atoms with Gasteiger partial charge in [0.15, 0.2) is 0 Å². The molecule has 0 saturated heterocycles. The van der Waals surface area contributed by atoms with Crippen molar-refractivity contribution < 1.29 is 19.7 Å². The van der Waals surface area contributed by atoms with E-state index in [1.54, 1.807) is 0 Å². The minimum absolute atomic E-state index is 0.0863. The van der Waals surface area contributed by atoms with Crippen LogP contribution in [0.1, 0.15) is 65.7 Å². The number of carbonyl (C=O) groups is 1. The Balaban J connectivity index is 1.67. The Morgan fingerprint density at radius 1 is 1.26 bits per heavy atom. The second-order valence-electron chi connectivity index (χ2n) is 9.85. The van der Waals surface area contributed by atoms with Gasteiger partial charge >= 0.3 is 5.97 Å². The molecular weight excluding hydrogens is 408 g/mol. The quantitative estimate of drug-likeness (QED) is 0.387. The number of rotatable bonds is 2. The van der Waals surface area contributed by atoms with E-state index in [1.807, 2.05) is 6.92 Å². The van der Waals surface area contributed by atoms with Gasteiger partial charge in [0.2, 0.25) is 0 Å². The summed E-state index contributed by atoms with van der Waals surface area (Å²) in [4.78, 5) is 12.2. The largest absolute Gasteiger partial charge is 0.461 e. The number of hydrogen-bond acceptors (Lipinski definition) is 4. The molecule has 3 saturated carbocycles. The molecule has 4 nitrogen and oxygen atoms in total. The molecule has 0 aliphatic heterocycles. The molecule has 0 aromatic heterocycles. The summed E-state index contributed by atoms with van der Waals surface area (Å²) in [5.41, 5.74) is 1.27. The molecule has 2 N–H and O–H groups in total. The van der Waals surface area contributed by atoms with E-state index in [0.29, 0.717) is 24.7 Å². The van der Waals surface area contributed by atoms with Crippen molar-refractivity contribution in [1.82, 2.24) is 0 Å². The van der Waals surface area contributed by atoms with Gasteiger partial charge in [-0.1, -0.05) is 48.4 Å². The van der Waals surface area contributed by atoms with Gasteiger partial charge in [-0.2, -0.15) is 0 Å². The van der Waals surface area contributed by atoms with Crippen molar-refractivity contribution in [3.8, 4) is 0 Å². The summed E-state index contributed by atoms with van der Waals surface area (Å²) in [6.45, 7) is 6.46. The third-order valence-electron chi connectivity index (χ3n) is 8.55. The van der Waals surface area contributed by atoms with Crippen LogP contribution in [0.3, 0.4) is 0 Å². The molecule has 0 amide bonds. The first kappa shape index (κ1) is 19.9. The van der Waals surface area contributed by atoms with Gasteiger partial charge in [0, 0.05) is 11.8 Å². The van der Waals surface area contributed by atoms with Crippen molar-refractivity contribution in [3.05, 3.63) is 11.6 Å². The third kappa shape index (κ3) is 2.95. The van der Waals surface area contributed by atoms with Crippen molar-refractivity contribution in [3.63, 3.8) is 0 Å². The van der Waals surface area contributed by atoms with Crippen LogP contribution in [0.25, 0.3) is 0 Å². The molecule has 0 aromatic rings. The van der Waals surface area contributed by atoms with Gasteiger partial charge in [0.25, 0.3) is 0 Å². The normalized spacial score (nSPS) is 51.6. The molecule has 4 unspecified atom stereocenters. The predicted octanol–water partition coefficient (Wildman–Crippen LogP) is 3.98. The average molecular weight is 441 g/mol. The molecule has 4 aliphatic rings. The summed E-state index contributed by atoms with van der Waals surface area (Å²) in [5, 5.41) is 21.3. The van der Waals surface area contributed by atoms with Gasteiger partial charge in [-0.25, -0.2) is 0 Å². The number of esters is 1. The second-order valence-corrected chi connectivity index (χ2v) is 11.0. The minimum Gasteiger partial charge on any atom is -0.461 e. The van der Waals surface area contributed by atoms with E-state index in [0.717, 1.165) is 32.1 Å². The lowest BCUT2D eigenvalue weighted by Crippen LogP contribution is -2.55. The number of ether oxygens (including phenoxy) is 1. The highest BCUT2D eigenvalue weighted by atomic mass is 79.9. The third-order valence-corrected chi connectivity index (χ3v) is 9.40. The van der Waals surface area contributed by atoms with Crippen LogP contribution in [-0.2, 0) is 9.53 Å². The van der Waals surface area contributed by atoms with Crippen LogP contribution in [0.15, 0.2) is 11.6 Å². The molecule has 4 rings (SSSR count). The number of aliphatic hydroxyl groups excluding tert-OH is 2. The lowest BCUT2D eigenvalue weighted by Gasteiger charge is -2.58. The van der Waals surface area contributed by atoms with E-state index < -0.39 is 6.10 Å². The number of alkyl halides is 1. The first-order valence-corrected chi connectivity index (χ1v) is 11.5. The van der Waals surface area contributed by atoms with Crippen LogP contribution < -0.4 is 0 Å². The van der Waals surface area contributed by atoms with Crippen LogP contribution in [-0.4, -0.2) is 39.3 Å². The van der Waals surface area contributed by atoms with E-state index in [4.69, 9.17) is 4.74 Å². The lowest BCUT2D eigenvalue weighted by molar-refractivity contribution is -0.161. The van der Waals surface area contributed by atoms with Gasteiger partial charge in [0.1, 0.15) is 6.10 Å². The maximum Gasteiger partial charge on any atom is 0.305 e. The SMILES string of the molecule is CCC(=O)OC1[C@H](Br)CC2C3C(CC[C@@]21C)[C@@]1(C)CC[C@H](O)CC1=C[C@@H]3O. The molecule has 0 spiro atoms. The molecule has 152 valence electrons. The van der Waals surface area contributed by atoms with E-state index in [-0.39, 0.29) is 39.8 Å². The maximum atomic E-state index is 12.0. The van der Waals surface area contributed by atoms with Crippen LogP contribution in [0.4, 0.5) is 0 Å². The molecule has 5 heteroatoms. The molecular formula is C22H33BrO4. The number of hydrogen-bond donors (Lipinski definition) is 2. The van der Waals surface area contributed by atoms with Gasteiger partial charge in [-0.3, -0.25) is 4.79 Å². The van der Waals surface area contributed by atoms with Gasteiger partial charge < -0.3 is 14.9 Å². The van der Waals surface area contributed by atoms with E-state index in [1.165, 1.54) is 5.57 Å². The molecule has 0 radical (unpaired) electrons. The number of aliphatic hydroxyl groups is 2. The molecule has 3 fully saturated rings. The Morgan fingerprint density at radius 3 is 2.70 bits per heavy atom. The zero-order chi connectivity index (χ0) is 19.6. The zero-order valence-corrected chi connectivity index (χ0v) is 18.2. The summed E-state index contributed by atoms with van der Waals surface area (Å²) >= 11 is 3.81. The van der Waals surface area contributed by atoms with Crippen LogP contribution >= 0.6 is 15.9 Å². The van der Waals surface area contributed by atoms with Crippen LogP contribution in [0.2, 0.25) is 0 Å². The summed E-state index contributed by atoms with van der Waals surface area (Å²) < 4.78 is 5.89. The van der Waals surface area contributed by atoms with Crippen LogP contribution in [0, 0.1) is 28.6 Å². The molecule has 4 aliphatic carbocycles. The number of halogens is 1.